The second-order valence-electron chi connectivity index (χ2n) is 2.54. The van der Waals surface area contributed by atoms with Gasteiger partial charge in [0, 0.05) is 27.9 Å². The maximum absolute atomic E-state index is 11.8. The molecule has 0 amide bonds. The third-order valence-corrected chi connectivity index (χ3v) is 2.47. The number of rotatable bonds is 4. The Morgan fingerprint density at radius 2 is 2.29 bits per heavy atom. The van der Waals surface area contributed by atoms with Crippen LogP contribution >= 0.6 is 22.6 Å². The summed E-state index contributed by atoms with van der Waals surface area (Å²) in [4.78, 5) is 9.94. The van der Waals surface area contributed by atoms with Gasteiger partial charge in [-0.3, -0.25) is 10.1 Å². The minimum atomic E-state index is -0.465. The van der Waals surface area contributed by atoms with Crippen LogP contribution in [0.3, 0.4) is 0 Å². The molecular weight excluding hydrogens is 302 g/mol. The molecule has 6 heteroatoms. The average Bonchev–Trinajstić information content (AvgIpc) is 2.15. The fraction of sp³-hybridized carbons (Fsp3) is 0.250. The van der Waals surface area contributed by atoms with E-state index < -0.39 is 11.6 Å². The first-order valence-electron chi connectivity index (χ1n) is 3.89. The molecule has 1 N–H and O–H groups in total. The monoisotopic (exact) mass is 310 g/mol. The number of nitro benzene ring substituents is 1. The van der Waals surface area contributed by atoms with Crippen LogP contribution in [0.5, 0.6) is 0 Å². The molecule has 76 valence electrons. The zero-order chi connectivity index (χ0) is 10.6. The molecular formula is C8H8FIN2O2. The molecule has 4 nitrogen and oxygen atoms in total. The molecule has 0 fully saturated rings. The number of halogens is 2. The van der Waals surface area contributed by atoms with Crippen molar-refractivity contribution in [3.05, 3.63) is 31.9 Å². The van der Waals surface area contributed by atoms with Gasteiger partial charge in [-0.25, -0.2) is 4.39 Å². The van der Waals surface area contributed by atoms with E-state index in [1.807, 2.05) is 22.6 Å². The molecule has 0 radical (unpaired) electrons. The van der Waals surface area contributed by atoms with E-state index in [-0.39, 0.29) is 12.2 Å². The number of non-ortho nitro benzene ring substituents is 1. The third kappa shape index (κ3) is 2.79. The van der Waals surface area contributed by atoms with E-state index in [9.17, 15) is 14.5 Å². The summed E-state index contributed by atoms with van der Waals surface area (Å²) in [6, 6.07) is 4.42. The lowest BCUT2D eigenvalue weighted by molar-refractivity contribution is -0.384. The van der Waals surface area contributed by atoms with Gasteiger partial charge in [-0.1, -0.05) is 0 Å². The zero-order valence-electron chi connectivity index (χ0n) is 7.17. The van der Waals surface area contributed by atoms with Gasteiger partial charge in [0.2, 0.25) is 0 Å². The molecule has 0 aromatic heterocycles. The van der Waals surface area contributed by atoms with Crippen LogP contribution in [0, 0.1) is 13.7 Å². The number of hydrogen-bond donors (Lipinski definition) is 1. The summed E-state index contributed by atoms with van der Waals surface area (Å²) >= 11 is 1.97. The number of nitrogens with zero attached hydrogens (tertiary/aromatic N) is 1. The lowest BCUT2D eigenvalue weighted by atomic mass is 10.3. The van der Waals surface area contributed by atoms with Gasteiger partial charge in [-0.2, -0.15) is 0 Å². The molecule has 1 rings (SSSR count). The molecule has 0 unspecified atom stereocenters. The predicted molar refractivity (Wildman–Crippen MR) is 60.3 cm³/mol. The van der Waals surface area contributed by atoms with Crippen molar-refractivity contribution in [2.24, 2.45) is 0 Å². The summed E-state index contributed by atoms with van der Waals surface area (Å²) in [7, 11) is 0. The third-order valence-electron chi connectivity index (χ3n) is 1.57. The standard InChI is InChI=1S/C8H8FIN2O2/c9-3-4-11-8-2-1-6(12(13)14)5-7(8)10/h1-2,5,11H,3-4H2. The van der Waals surface area contributed by atoms with E-state index in [4.69, 9.17) is 0 Å². The van der Waals surface area contributed by atoms with Crippen molar-refractivity contribution in [3.8, 4) is 0 Å². The van der Waals surface area contributed by atoms with Crippen LogP contribution in [-0.4, -0.2) is 18.1 Å². The van der Waals surface area contributed by atoms with Crippen LogP contribution < -0.4 is 5.32 Å². The highest BCUT2D eigenvalue weighted by molar-refractivity contribution is 14.1. The Labute approximate surface area is 93.8 Å². The lowest BCUT2D eigenvalue weighted by Crippen LogP contribution is -2.04. The molecule has 0 saturated carbocycles. The molecule has 0 bridgehead atoms. The van der Waals surface area contributed by atoms with Gasteiger partial charge < -0.3 is 5.32 Å². The molecule has 0 atom stereocenters. The highest BCUT2D eigenvalue weighted by Gasteiger charge is 2.08. The van der Waals surface area contributed by atoms with Crippen molar-refractivity contribution in [1.82, 2.24) is 0 Å². The van der Waals surface area contributed by atoms with Gasteiger partial charge in [0.1, 0.15) is 6.67 Å². The Balaban J connectivity index is 2.84. The quantitative estimate of drug-likeness (QED) is 0.528. The molecule has 1 aromatic rings. The minimum absolute atomic E-state index is 0.0419. The average molecular weight is 310 g/mol. The first-order chi connectivity index (χ1) is 6.65. The van der Waals surface area contributed by atoms with E-state index in [1.165, 1.54) is 12.1 Å². The van der Waals surface area contributed by atoms with Gasteiger partial charge in [0.15, 0.2) is 0 Å². The second-order valence-corrected chi connectivity index (χ2v) is 3.70. The number of anilines is 1. The Morgan fingerprint density at radius 1 is 1.57 bits per heavy atom. The largest absolute Gasteiger partial charge is 0.382 e. The van der Waals surface area contributed by atoms with Crippen molar-refractivity contribution < 1.29 is 9.31 Å². The molecule has 0 saturated heterocycles. The van der Waals surface area contributed by atoms with Crippen LogP contribution in [-0.2, 0) is 0 Å². The van der Waals surface area contributed by atoms with Crippen molar-refractivity contribution in [1.29, 1.82) is 0 Å². The molecule has 0 aliphatic rings. The zero-order valence-corrected chi connectivity index (χ0v) is 9.32. The lowest BCUT2D eigenvalue weighted by Gasteiger charge is -2.05. The molecule has 0 spiro atoms. The van der Waals surface area contributed by atoms with Crippen LogP contribution in [0.2, 0.25) is 0 Å². The van der Waals surface area contributed by atoms with Gasteiger partial charge in [-0.05, 0) is 28.7 Å². The maximum Gasteiger partial charge on any atom is 0.270 e. The van der Waals surface area contributed by atoms with Crippen LogP contribution in [0.25, 0.3) is 0 Å². The van der Waals surface area contributed by atoms with Gasteiger partial charge in [-0.15, -0.1) is 0 Å². The minimum Gasteiger partial charge on any atom is -0.382 e. The number of alkyl halides is 1. The number of nitro groups is 1. The summed E-state index contributed by atoms with van der Waals surface area (Å²) < 4.78 is 12.6. The normalized spacial score (nSPS) is 9.86. The Bertz CT molecular complexity index is 346. The van der Waals surface area contributed by atoms with E-state index in [1.54, 1.807) is 6.07 Å². The van der Waals surface area contributed by atoms with Crippen LogP contribution in [0.15, 0.2) is 18.2 Å². The summed E-state index contributed by atoms with van der Waals surface area (Å²) in [5, 5.41) is 13.2. The fourth-order valence-corrected chi connectivity index (χ4v) is 1.63. The maximum atomic E-state index is 11.8. The van der Waals surface area contributed by atoms with Crippen molar-refractivity contribution >= 4 is 34.0 Å². The molecule has 14 heavy (non-hydrogen) atoms. The highest BCUT2D eigenvalue weighted by atomic mass is 127. The Kier molecular flexibility index (Phi) is 4.05. The van der Waals surface area contributed by atoms with E-state index in [0.717, 1.165) is 0 Å². The number of nitrogens with one attached hydrogen (secondary N) is 1. The molecule has 0 aliphatic heterocycles. The smallest absolute Gasteiger partial charge is 0.270 e. The summed E-state index contributed by atoms with van der Waals surface area (Å²) in [6.07, 6.45) is 0. The molecule has 1 aromatic carbocycles. The van der Waals surface area contributed by atoms with Crippen LogP contribution in [0.4, 0.5) is 15.8 Å². The van der Waals surface area contributed by atoms with E-state index in [2.05, 4.69) is 5.32 Å². The van der Waals surface area contributed by atoms with Crippen molar-refractivity contribution in [3.63, 3.8) is 0 Å². The Morgan fingerprint density at radius 3 is 2.79 bits per heavy atom. The number of benzene rings is 1. The van der Waals surface area contributed by atoms with E-state index >= 15 is 0 Å². The topological polar surface area (TPSA) is 55.2 Å². The SMILES string of the molecule is O=[N+]([O-])c1ccc(NCCF)c(I)c1. The van der Waals surface area contributed by atoms with Gasteiger partial charge in [0.25, 0.3) is 5.69 Å². The van der Waals surface area contributed by atoms with E-state index in [0.29, 0.717) is 9.26 Å². The van der Waals surface area contributed by atoms with Crippen molar-refractivity contribution in [2.45, 2.75) is 0 Å². The summed E-state index contributed by atoms with van der Waals surface area (Å²) in [6.45, 7) is -0.249. The van der Waals surface area contributed by atoms with Crippen LogP contribution in [0.1, 0.15) is 0 Å². The first kappa shape index (κ1) is 11.2. The second kappa shape index (κ2) is 5.08. The van der Waals surface area contributed by atoms with Gasteiger partial charge in [0.05, 0.1) is 4.92 Å². The fourth-order valence-electron chi connectivity index (χ4n) is 0.943. The van der Waals surface area contributed by atoms with Crippen molar-refractivity contribution in [2.75, 3.05) is 18.5 Å². The first-order valence-corrected chi connectivity index (χ1v) is 4.97. The summed E-state index contributed by atoms with van der Waals surface area (Å²) in [5.74, 6) is 0. The molecule has 0 aliphatic carbocycles. The number of hydrogen-bond acceptors (Lipinski definition) is 3. The molecule has 0 heterocycles. The summed E-state index contributed by atoms with van der Waals surface area (Å²) in [5.41, 5.74) is 0.758. The van der Waals surface area contributed by atoms with Gasteiger partial charge >= 0.3 is 0 Å². The Hall–Kier alpha value is -0.920. The predicted octanol–water partition coefficient (Wildman–Crippen LogP) is 2.58. The highest BCUT2D eigenvalue weighted by Crippen LogP contribution is 2.23.